The highest BCUT2D eigenvalue weighted by Crippen LogP contribution is 2.37. The smallest absolute Gasteiger partial charge is 0.272 e. The highest BCUT2D eigenvalue weighted by Gasteiger charge is 2.43. The molecule has 3 aromatic rings. The van der Waals surface area contributed by atoms with Gasteiger partial charge in [-0.3, -0.25) is 29.4 Å². The molecular weight excluding hydrogens is 758 g/mol. The van der Waals surface area contributed by atoms with E-state index in [2.05, 4.69) is 52.5 Å². The summed E-state index contributed by atoms with van der Waals surface area (Å²) in [7, 11) is 0. The molecule has 58 heavy (non-hydrogen) atoms. The predicted octanol–water partition coefficient (Wildman–Crippen LogP) is 5.13. The second kappa shape index (κ2) is 16.2. The minimum absolute atomic E-state index is 0.0340. The molecule has 2 N–H and O–H groups in total. The van der Waals surface area contributed by atoms with Crippen LogP contribution in [0.4, 0.5) is 17.2 Å². The van der Waals surface area contributed by atoms with Crippen LogP contribution in [0.15, 0.2) is 48.5 Å². The normalized spacial score (nSPS) is 26.3. The number of nitrogens with one attached hydrogen (secondary N) is 2. The number of piperidine rings is 2. The summed E-state index contributed by atoms with van der Waals surface area (Å²) in [5.74, 6) is 1.07. The van der Waals surface area contributed by atoms with Crippen LogP contribution < -0.4 is 25.2 Å². The molecule has 0 radical (unpaired) electrons. The number of benzene rings is 2. The van der Waals surface area contributed by atoms with Gasteiger partial charge in [0.1, 0.15) is 11.8 Å². The van der Waals surface area contributed by atoms with Crippen LogP contribution in [0.3, 0.4) is 0 Å². The summed E-state index contributed by atoms with van der Waals surface area (Å²) in [4.78, 5) is 63.0. The van der Waals surface area contributed by atoms with Gasteiger partial charge in [-0.15, -0.1) is 10.2 Å². The van der Waals surface area contributed by atoms with Crippen LogP contribution in [0.5, 0.6) is 5.75 Å². The highest BCUT2D eigenvalue weighted by molar-refractivity contribution is 6.33. The van der Waals surface area contributed by atoms with Crippen LogP contribution in [0, 0.1) is 12.5 Å². The molecule has 4 amide bonds. The van der Waals surface area contributed by atoms with Gasteiger partial charge in [0.05, 0.1) is 17.7 Å². The molecule has 3 unspecified atom stereocenters. The first kappa shape index (κ1) is 38.3. The third-order valence-electron chi connectivity index (χ3n) is 13.1. The molecule has 1 saturated carbocycles. The molecule has 3 atom stereocenters. The first-order valence-electron chi connectivity index (χ1n) is 20.7. The average Bonchev–Trinajstić information content (AvgIpc) is 3.66. The van der Waals surface area contributed by atoms with Gasteiger partial charge in [0.15, 0.2) is 11.5 Å². The number of imide groups is 1. The molecule has 9 rings (SSSR count). The number of amides is 4. The molecular formula is C43H48ClN9O5. The molecule has 1 aromatic heterocycles. The van der Waals surface area contributed by atoms with Crippen molar-refractivity contribution in [1.29, 1.82) is 0 Å². The van der Waals surface area contributed by atoms with E-state index < -0.39 is 6.04 Å². The Balaban J connectivity index is 0.718. The number of hydrogen-bond donors (Lipinski definition) is 2. The predicted molar refractivity (Wildman–Crippen MR) is 217 cm³/mol. The molecule has 6 aliphatic rings. The first-order valence-corrected chi connectivity index (χ1v) is 21.1. The molecule has 6 heterocycles. The lowest BCUT2D eigenvalue weighted by Gasteiger charge is -2.44. The van der Waals surface area contributed by atoms with Crippen LogP contribution in [-0.2, 0) is 16.1 Å². The van der Waals surface area contributed by atoms with E-state index >= 15 is 0 Å². The van der Waals surface area contributed by atoms with Gasteiger partial charge < -0.3 is 24.8 Å². The van der Waals surface area contributed by atoms with Crippen LogP contribution >= 0.6 is 11.6 Å². The van der Waals surface area contributed by atoms with E-state index in [1.807, 2.05) is 12.1 Å². The van der Waals surface area contributed by atoms with Gasteiger partial charge in [0.2, 0.25) is 17.5 Å². The number of halogens is 1. The summed E-state index contributed by atoms with van der Waals surface area (Å²) in [6.45, 7) is 12.4. The highest BCUT2D eigenvalue weighted by atomic mass is 35.5. The molecule has 5 fully saturated rings. The standard InChI is InChI=1S/C43H48ClN9O5/c1-45-36-11-9-33(21-35(36)44)58-32-7-2-28(3-8-32)46-41(55)37-12-14-39(49-48-37)50-18-16-26(17-19-50)22-52-30-4-5-31(52)25-51(24-30)29-6-10-34-27(20-29)23-53(43(34)57)38-13-15-40(54)47-42(38)56/h6,9-12,14,20-21,26,28,30-32,38H,2-5,7-8,13,15-19,22-25H2,(H,46,55)(H,47,54,56). The van der Waals surface area contributed by atoms with Crippen molar-refractivity contribution >= 4 is 52.4 Å². The Morgan fingerprint density at radius 1 is 0.897 bits per heavy atom. The number of aromatic nitrogens is 2. The van der Waals surface area contributed by atoms with Crippen molar-refractivity contribution in [2.75, 3.05) is 42.5 Å². The van der Waals surface area contributed by atoms with E-state index in [9.17, 15) is 19.2 Å². The SMILES string of the molecule is [C-]#[N+]c1ccc(OC2CCC(NC(=O)c3ccc(N4CCC(CN5C6CCC5CN(c5ccc7c(c5)CN(C5CCC(=O)NC5=O)C7=O)C6)CC4)nn3)CC2)cc1Cl. The largest absolute Gasteiger partial charge is 0.490 e. The number of carbonyl (C=O) groups excluding carboxylic acids is 4. The summed E-state index contributed by atoms with van der Waals surface area (Å²) >= 11 is 6.17. The zero-order chi connectivity index (χ0) is 39.9. The summed E-state index contributed by atoms with van der Waals surface area (Å²) in [5.41, 5.74) is 3.47. The Morgan fingerprint density at radius 2 is 1.67 bits per heavy atom. The number of fused-ring (bicyclic) bond motifs is 3. The summed E-state index contributed by atoms with van der Waals surface area (Å²) < 4.78 is 6.10. The van der Waals surface area contributed by atoms with Crippen molar-refractivity contribution in [3.05, 3.63) is 81.8 Å². The fourth-order valence-electron chi connectivity index (χ4n) is 9.94. The Morgan fingerprint density at radius 3 is 2.36 bits per heavy atom. The summed E-state index contributed by atoms with van der Waals surface area (Å²) in [6.07, 6.45) is 8.40. The van der Waals surface area contributed by atoms with Crippen LogP contribution in [-0.4, -0.2) is 107 Å². The molecule has 302 valence electrons. The fourth-order valence-corrected chi connectivity index (χ4v) is 10.2. The third kappa shape index (κ3) is 7.82. The van der Waals surface area contributed by atoms with Crippen molar-refractivity contribution in [1.82, 2.24) is 30.6 Å². The Labute approximate surface area is 343 Å². The van der Waals surface area contributed by atoms with Crippen molar-refractivity contribution in [2.45, 2.75) is 101 Å². The lowest BCUT2D eigenvalue weighted by Crippen LogP contribution is -2.55. The van der Waals surface area contributed by atoms with Crippen LogP contribution in [0.25, 0.3) is 4.85 Å². The second-order valence-electron chi connectivity index (χ2n) is 16.7. The van der Waals surface area contributed by atoms with Gasteiger partial charge in [-0.25, -0.2) is 4.85 Å². The van der Waals surface area contributed by atoms with Crippen molar-refractivity contribution in [3.63, 3.8) is 0 Å². The van der Waals surface area contributed by atoms with Gasteiger partial charge in [-0.05, 0) is 112 Å². The Kier molecular flexibility index (Phi) is 10.7. The van der Waals surface area contributed by atoms with E-state index in [4.69, 9.17) is 22.9 Å². The minimum Gasteiger partial charge on any atom is -0.490 e. The Bertz CT molecular complexity index is 2110. The topological polar surface area (TPSA) is 145 Å². The van der Waals surface area contributed by atoms with Crippen LogP contribution in [0.1, 0.15) is 90.6 Å². The molecule has 2 bridgehead atoms. The van der Waals surface area contributed by atoms with E-state index in [0.717, 1.165) is 88.3 Å². The zero-order valence-electron chi connectivity index (χ0n) is 32.4. The lowest BCUT2D eigenvalue weighted by atomic mass is 9.93. The van der Waals surface area contributed by atoms with E-state index in [1.54, 1.807) is 29.2 Å². The Hall–Kier alpha value is -5.26. The maximum absolute atomic E-state index is 13.2. The van der Waals surface area contributed by atoms with Gasteiger partial charge in [-0.1, -0.05) is 17.7 Å². The van der Waals surface area contributed by atoms with Gasteiger partial charge in [-0.2, -0.15) is 0 Å². The van der Waals surface area contributed by atoms with E-state index in [1.165, 1.54) is 12.8 Å². The molecule has 0 spiro atoms. The molecule has 2 aromatic carbocycles. The van der Waals surface area contributed by atoms with E-state index in [0.29, 0.717) is 58.7 Å². The maximum atomic E-state index is 13.2. The number of ether oxygens (including phenoxy) is 1. The average molecular weight is 806 g/mol. The second-order valence-corrected chi connectivity index (χ2v) is 17.1. The number of rotatable bonds is 9. The number of hydrogen-bond acceptors (Lipinski definition) is 10. The summed E-state index contributed by atoms with van der Waals surface area (Å²) in [6, 6.07) is 15.4. The zero-order valence-corrected chi connectivity index (χ0v) is 33.2. The monoisotopic (exact) mass is 805 g/mol. The molecule has 5 aliphatic heterocycles. The van der Waals surface area contributed by atoms with E-state index in [-0.39, 0.29) is 42.2 Å². The molecule has 4 saturated heterocycles. The lowest BCUT2D eigenvalue weighted by molar-refractivity contribution is -0.136. The third-order valence-corrected chi connectivity index (χ3v) is 13.5. The number of piperazine rings is 1. The van der Waals surface area contributed by atoms with Gasteiger partial charge in [0, 0.05) is 75.1 Å². The number of anilines is 2. The minimum atomic E-state index is -0.603. The maximum Gasteiger partial charge on any atom is 0.272 e. The number of nitrogens with zero attached hydrogens (tertiary/aromatic N) is 7. The quantitative estimate of drug-likeness (QED) is 0.221. The van der Waals surface area contributed by atoms with Crippen molar-refractivity contribution < 1.29 is 23.9 Å². The van der Waals surface area contributed by atoms with Crippen LogP contribution in [0.2, 0.25) is 5.02 Å². The van der Waals surface area contributed by atoms with Gasteiger partial charge in [0.25, 0.3) is 11.8 Å². The molecule has 15 heteroatoms. The molecule has 1 aliphatic carbocycles. The summed E-state index contributed by atoms with van der Waals surface area (Å²) in [5, 5.41) is 14.7. The van der Waals surface area contributed by atoms with Crippen molar-refractivity contribution in [2.24, 2.45) is 5.92 Å². The number of carbonyl (C=O) groups is 4. The first-order chi connectivity index (χ1) is 28.2. The van der Waals surface area contributed by atoms with Gasteiger partial charge >= 0.3 is 0 Å². The van der Waals surface area contributed by atoms with Crippen molar-refractivity contribution in [3.8, 4) is 5.75 Å². The molecule has 14 nitrogen and oxygen atoms in total. The fraction of sp³-hybridized carbons (Fsp3) is 0.512.